The van der Waals surface area contributed by atoms with E-state index in [4.69, 9.17) is 5.73 Å². The SMILES string of the molecule is CCCc1ccc(N(CC)CCCC(N)=O)cc1CCC. The zero-order chi connectivity index (χ0) is 15.7. The maximum atomic E-state index is 10.9. The molecule has 1 rings (SSSR count). The summed E-state index contributed by atoms with van der Waals surface area (Å²) in [4.78, 5) is 13.2. The molecule has 2 N–H and O–H groups in total. The maximum absolute atomic E-state index is 10.9. The number of benzene rings is 1. The molecule has 0 unspecified atom stereocenters. The van der Waals surface area contributed by atoms with Gasteiger partial charge in [-0.15, -0.1) is 0 Å². The van der Waals surface area contributed by atoms with Gasteiger partial charge in [0.05, 0.1) is 0 Å². The smallest absolute Gasteiger partial charge is 0.217 e. The second-order valence-electron chi connectivity index (χ2n) is 5.60. The highest BCUT2D eigenvalue weighted by atomic mass is 16.1. The Labute approximate surface area is 129 Å². The average Bonchev–Trinajstić information content (AvgIpc) is 2.46. The normalized spacial score (nSPS) is 10.6. The van der Waals surface area contributed by atoms with Crippen LogP contribution >= 0.6 is 0 Å². The van der Waals surface area contributed by atoms with Gasteiger partial charge < -0.3 is 10.6 Å². The molecular formula is C18H30N2O. The third-order valence-corrected chi connectivity index (χ3v) is 3.83. The first-order valence-electron chi connectivity index (χ1n) is 8.27. The van der Waals surface area contributed by atoms with E-state index >= 15 is 0 Å². The fraction of sp³-hybridized carbons (Fsp3) is 0.611. The van der Waals surface area contributed by atoms with Gasteiger partial charge in [0.2, 0.25) is 5.91 Å². The number of nitrogens with two attached hydrogens (primary N) is 1. The van der Waals surface area contributed by atoms with E-state index in [1.807, 2.05) is 0 Å². The van der Waals surface area contributed by atoms with Crippen molar-refractivity contribution in [2.24, 2.45) is 5.73 Å². The van der Waals surface area contributed by atoms with Crippen LogP contribution in [0.4, 0.5) is 5.69 Å². The van der Waals surface area contributed by atoms with Crippen molar-refractivity contribution < 1.29 is 4.79 Å². The summed E-state index contributed by atoms with van der Waals surface area (Å²) in [5, 5.41) is 0. The molecule has 1 aromatic carbocycles. The molecule has 0 aliphatic heterocycles. The van der Waals surface area contributed by atoms with Crippen molar-refractivity contribution in [2.45, 2.75) is 59.3 Å². The number of hydrogen-bond donors (Lipinski definition) is 1. The van der Waals surface area contributed by atoms with Crippen LogP contribution in [-0.4, -0.2) is 19.0 Å². The summed E-state index contributed by atoms with van der Waals surface area (Å²) in [5.41, 5.74) is 9.45. The number of amides is 1. The van der Waals surface area contributed by atoms with Gasteiger partial charge in [0.1, 0.15) is 0 Å². The Morgan fingerprint density at radius 3 is 2.33 bits per heavy atom. The van der Waals surface area contributed by atoms with Crippen LogP contribution in [0, 0.1) is 0 Å². The lowest BCUT2D eigenvalue weighted by atomic mass is 9.98. The molecule has 0 aliphatic carbocycles. The molecule has 1 aromatic rings. The number of hydrogen-bond acceptors (Lipinski definition) is 2. The summed E-state index contributed by atoms with van der Waals surface area (Å²) >= 11 is 0. The van der Waals surface area contributed by atoms with Gasteiger partial charge in [0.25, 0.3) is 0 Å². The van der Waals surface area contributed by atoms with Crippen LogP contribution in [0.2, 0.25) is 0 Å². The summed E-state index contributed by atoms with van der Waals surface area (Å²) < 4.78 is 0. The minimum absolute atomic E-state index is 0.212. The quantitative estimate of drug-likeness (QED) is 0.714. The topological polar surface area (TPSA) is 46.3 Å². The standard InChI is InChI=1S/C18H30N2O/c1-4-8-15-11-12-17(14-16(15)9-5-2)20(6-3)13-7-10-18(19)21/h11-12,14H,4-10,13H2,1-3H3,(H2,19,21). The molecule has 0 fully saturated rings. The summed E-state index contributed by atoms with van der Waals surface area (Å²) in [7, 11) is 0. The molecule has 0 saturated heterocycles. The van der Waals surface area contributed by atoms with Gasteiger partial charge in [0, 0.05) is 25.2 Å². The Kier molecular flexibility index (Phi) is 7.88. The molecule has 0 radical (unpaired) electrons. The van der Waals surface area contributed by atoms with Crippen molar-refractivity contribution >= 4 is 11.6 Å². The Morgan fingerprint density at radius 1 is 1.10 bits per heavy atom. The molecule has 118 valence electrons. The van der Waals surface area contributed by atoms with E-state index in [-0.39, 0.29) is 5.91 Å². The van der Waals surface area contributed by atoms with Gasteiger partial charge in [-0.3, -0.25) is 4.79 Å². The van der Waals surface area contributed by atoms with Crippen LogP contribution in [0.1, 0.15) is 57.6 Å². The highest BCUT2D eigenvalue weighted by Gasteiger charge is 2.08. The summed E-state index contributed by atoms with van der Waals surface area (Å²) in [6.45, 7) is 8.46. The third-order valence-electron chi connectivity index (χ3n) is 3.83. The number of primary amides is 1. The molecule has 21 heavy (non-hydrogen) atoms. The Hall–Kier alpha value is -1.51. The first kappa shape index (κ1) is 17.5. The average molecular weight is 290 g/mol. The number of nitrogens with zero attached hydrogens (tertiary/aromatic N) is 1. The number of aryl methyl sites for hydroxylation is 2. The summed E-state index contributed by atoms with van der Waals surface area (Å²) in [5.74, 6) is -0.212. The van der Waals surface area contributed by atoms with Crippen LogP contribution in [0.3, 0.4) is 0 Å². The van der Waals surface area contributed by atoms with Crippen molar-refractivity contribution in [3.05, 3.63) is 29.3 Å². The number of carbonyl (C=O) groups is 1. The van der Waals surface area contributed by atoms with Gasteiger partial charge in [0.15, 0.2) is 0 Å². The van der Waals surface area contributed by atoms with E-state index < -0.39 is 0 Å². The van der Waals surface area contributed by atoms with Crippen LogP contribution < -0.4 is 10.6 Å². The van der Waals surface area contributed by atoms with E-state index in [0.29, 0.717) is 6.42 Å². The molecule has 0 aromatic heterocycles. The fourth-order valence-electron chi connectivity index (χ4n) is 2.74. The van der Waals surface area contributed by atoms with Crippen molar-refractivity contribution in [3.63, 3.8) is 0 Å². The predicted molar refractivity (Wildman–Crippen MR) is 90.7 cm³/mol. The summed E-state index contributed by atoms with van der Waals surface area (Å²) in [6, 6.07) is 6.83. The molecule has 0 spiro atoms. The Morgan fingerprint density at radius 2 is 1.76 bits per heavy atom. The monoisotopic (exact) mass is 290 g/mol. The van der Waals surface area contributed by atoms with Gasteiger partial charge >= 0.3 is 0 Å². The molecule has 3 heteroatoms. The van der Waals surface area contributed by atoms with Crippen molar-refractivity contribution in [1.82, 2.24) is 0 Å². The van der Waals surface area contributed by atoms with Crippen LogP contribution in [-0.2, 0) is 17.6 Å². The highest BCUT2D eigenvalue weighted by Crippen LogP contribution is 2.22. The van der Waals surface area contributed by atoms with Gasteiger partial charge in [-0.25, -0.2) is 0 Å². The van der Waals surface area contributed by atoms with Gasteiger partial charge in [-0.2, -0.15) is 0 Å². The van der Waals surface area contributed by atoms with E-state index in [2.05, 4.69) is 43.9 Å². The lowest BCUT2D eigenvalue weighted by Gasteiger charge is -2.24. The van der Waals surface area contributed by atoms with Gasteiger partial charge in [-0.1, -0.05) is 32.8 Å². The minimum atomic E-state index is -0.212. The Balaban J connectivity index is 2.83. The van der Waals surface area contributed by atoms with Crippen molar-refractivity contribution in [1.29, 1.82) is 0 Å². The summed E-state index contributed by atoms with van der Waals surface area (Å²) in [6.07, 6.45) is 5.95. The van der Waals surface area contributed by atoms with E-state index in [1.165, 1.54) is 29.7 Å². The first-order valence-corrected chi connectivity index (χ1v) is 8.27. The molecule has 1 amide bonds. The van der Waals surface area contributed by atoms with Crippen LogP contribution in [0.25, 0.3) is 0 Å². The minimum Gasteiger partial charge on any atom is -0.372 e. The Bertz CT molecular complexity index is 443. The second-order valence-corrected chi connectivity index (χ2v) is 5.60. The molecule has 0 bridgehead atoms. The highest BCUT2D eigenvalue weighted by molar-refractivity contribution is 5.73. The molecule has 0 aliphatic rings. The fourth-order valence-corrected chi connectivity index (χ4v) is 2.74. The molecule has 3 nitrogen and oxygen atoms in total. The molecule has 0 heterocycles. The predicted octanol–water partition coefficient (Wildman–Crippen LogP) is 3.68. The zero-order valence-corrected chi connectivity index (χ0v) is 13.8. The maximum Gasteiger partial charge on any atom is 0.217 e. The number of carbonyl (C=O) groups excluding carboxylic acids is 1. The molecular weight excluding hydrogens is 260 g/mol. The number of anilines is 1. The lowest BCUT2D eigenvalue weighted by molar-refractivity contribution is -0.118. The first-order chi connectivity index (χ1) is 10.1. The van der Waals surface area contributed by atoms with Crippen molar-refractivity contribution in [3.8, 4) is 0 Å². The van der Waals surface area contributed by atoms with Gasteiger partial charge in [-0.05, 0) is 49.4 Å². The largest absolute Gasteiger partial charge is 0.372 e. The molecule has 0 atom stereocenters. The number of rotatable bonds is 10. The van der Waals surface area contributed by atoms with E-state index in [0.717, 1.165) is 32.4 Å². The lowest BCUT2D eigenvalue weighted by Crippen LogP contribution is -2.25. The molecule has 0 saturated carbocycles. The van der Waals surface area contributed by atoms with Crippen LogP contribution in [0.15, 0.2) is 18.2 Å². The second kappa shape index (κ2) is 9.43. The third kappa shape index (κ3) is 5.78. The zero-order valence-electron chi connectivity index (χ0n) is 13.8. The van der Waals surface area contributed by atoms with E-state index in [1.54, 1.807) is 0 Å². The van der Waals surface area contributed by atoms with E-state index in [9.17, 15) is 4.79 Å². The van der Waals surface area contributed by atoms with Crippen LogP contribution in [0.5, 0.6) is 0 Å². The van der Waals surface area contributed by atoms with Crippen molar-refractivity contribution in [2.75, 3.05) is 18.0 Å².